The van der Waals surface area contributed by atoms with Crippen LogP contribution in [0, 0.1) is 0 Å². The van der Waals surface area contributed by atoms with Gasteiger partial charge in [0.1, 0.15) is 4.60 Å². The first-order chi connectivity index (χ1) is 6.33. The van der Waals surface area contributed by atoms with Gasteiger partial charge in [0.2, 0.25) is 0 Å². The minimum atomic E-state index is 0.509. The van der Waals surface area contributed by atoms with E-state index in [1.807, 2.05) is 10.9 Å². The van der Waals surface area contributed by atoms with Crippen molar-refractivity contribution in [2.75, 3.05) is 6.54 Å². The van der Waals surface area contributed by atoms with Crippen molar-refractivity contribution in [2.24, 2.45) is 0 Å². The highest BCUT2D eigenvalue weighted by Gasteiger charge is 2.20. The Morgan fingerprint density at radius 2 is 2.62 bits per heavy atom. The monoisotopic (exact) mass is 243 g/mol. The van der Waals surface area contributed by atoms with Gasteiger partial charge in [-0.3, -0.25) is 4.68 Å². The van der Waals surface area contributed by atoms with Crippen LogP contribution in [0.1, 0.15) is 31.4 Å². The van der Waals surface area contributed by atoms with Gasteiger partial charge in [-0.1, -0.05) is 0 Å². The number of halogens is 1. The number of aromatic nitrogens is 2. The lowest BCUT2D eigenvalue weighted by atomic mass is 10.1. The van der Waals surface area contributed by atoms with E-state index in [0.29, 0.717) is 6.04 Å². The van der Waals surface area contributed by atoms with Crippen molar-refractivity contribution in [3.8, 4) is 0 Å². The maximum Gasteiger partial charge on any atom is 0.108 e. The standard InChI is InChI=1S/C9H14BrN3/c1-2-13-9(10)7(6-12-13)8-4-3-5-11-8/h6,8,11H,2-5H2,1H3. The fourth-order valence-electron chi connectivity index (χ4n) is 1.79. The highest BCUT2D eigenvalue weighted by atomic mass is 79.9. The Kier molecular flexibility index (Phi) is 2.69. The van der Waals surface area contributed by atoms with Gasteiger partial charge in [-0.2, -0.15) is 5.10 Å². The number of rotatable bonds is 2. The summed E-state index contributed by atoms with van der Waals surface area (Å²) in [4.78, 5) is 0. The van der Waals surface area contributed by atoms with Crippen LogP contribution in [0.2, 0.25) is 0 Å². The van der Waals surface area contributed by atoms with Crippen LogP contribution in [0.3, 0.4) is 0 Å². The number of nitrogens with one attached hydrogen (secondary N) is 1. The molecule has 0 aromatic carbocycles. The van der Waals surface area contributed by atoms with Gasteiger partial charge in [0.25, 0.3) is 0 Å². The van der Waals surface area contributed by atoms with Gasteiger partial charge in [0.05, 0.1) is 6.20 Å². The smallest absolute Gasteiger partial charge is 0.108 e. The van der Waals surface area contributed by atoms with Crippen LogP contribution in [0.5, 0.6) is 0 Å². The molecule has 1 fully saturated rings. The van der Waals surface area contributed by atoms with Gasteiger partial charge < -0.3 is 5.32 Å². The first-order valence-corrected chi connectivity index (χ1v) is 5.56. The zero-order chi connectivity index (χ0) is 9.26. The van der Waals surface area contributed by atoms with Gasteiger partial charge in [-0.05, 0) is 42.2 Å². The van der Waals surface area contributed by atoms with Crippen LogP contribution >= 0.6 is 15.9 Å². The van der Waals surface area contributed by atoms with Crippen molar-refractivity contribution in [2.45, 2.75) is 32.4 Å². The summed E-state index contributed by atoms with van der Waals surface area (Å²) in [6.07, 6.45) is 4.47. The molecule has 0 saturated carbocycles. The first kappa shape index (κ1) is 9.21. The van der Waals surface area contributed by atoms with Crippen LogP contribution in [-0.2, 0) is 6.54 Å². The molecule has 1 N–H and O–H groups in total. The Morgan fingerprint density at radius 1 is 1.77 bits per heavy atom. The summed E-state index contributed by atoms with van der Waals surface area (Å²) >= 11 is 3.58. The summed E-state index contributed by atoms with van der Waals surface area (Å²) in [5, 5.41) is 7.78. The molecule has 2 rings (SSSR count). The quantitative estimate of drug-likeness (QED) is 0.863. The van der Waals surface area contributed by atoms with E-state index in [4.69, 9.17) is 0 Å². The Bertz CT molecular complexity index is 289. The molecule has 1 aliphatic rings. The topological polar surface area (TPSA) is 29.9 Å². The third-order valence-electron chi connectivity index (χ3n) is 2.54. The predicted octanol–water partition coefficient (Wildman–Crippen LogP) is 2.09. The Labute approximate surface area is 86.6 Å². The molecule has 1 saturated heterocycles. The van der Waals surface area contributed by atoms with Crippen molar-refractivity contribution >= 4 is 15.9 Å². The van der Waals surface area contributed by atoms with E-state index in [9.17, 15) is 0 Å². The van der Waals surface area contributed by atoms with Gasteiger partial charge in [-0.15, -0.1) is 0 Å². The lowest BCUT2D eigenvalue weighted by Gasteiger charge is -2.08. The molecule has 2 heterocycles. The Hall–Kier alpha value is -0.350. The molecule has 72 valence electrons. The molecular formula is C9H14BrN3. The molecular weight excluding hydrogens is 230 g/mol. The second kappa shape index (κ2) is 3.80. The average Bonchev–Trinajstić information content (AvgIpc) is 2.72. The number of aryl methyl sites for hydroxylation is 1. The van der Waals surface area contributed by atoms with Crippen molar-refractivity contribution in [3.05, 3.63) is 16.4 Å². The van der Waals surface area contributed by atoms with E-state index in [-0.39, 0.29) is 0 Å². The molecule has 1 aromatic rings. The van der Waals surface area contributed by atoms with Crippen LogP contribution < -0.4 is 5.32 Å². The van der Waals surface area contributed by atoms with Crippen LogP contribution in [0.15, 0.2) is 10.8 Å². The van der Waals surface area contributed by atoms with Gasteiger partial charge >= 0.3 is 0 Å². The van der Waals surface area contributed by atoms with Crippen molar-refractivity contribution in [1.82, 2.24) is 15.1 Å². The van der Waals surface area contributed by atoms with Crippen molar-refractivity contribution < 1.29 is 0 Å². The summed E-state index contributed by atoms with van der Waals surface area (Å²) < 4.78 is 3.12. The molecule has 1 aliphatic heterocycles. The highest BCUT2D eigenvalue weighted by molar-refractivity contribution is 9.10. The van der Waals surface area contributed by atoms with Crippen molar-refractivity contribution in [1.29, 1.82) is 0 Å². The lowest BCUT2D eigenvalue weighted by Crippen LogP contribution is -2.12. The zero-order valence-corrected chi connectivity index (χ0v) is 9.34. The van der Waals surface area contributed by atoms with E-state index in [0.717, 1.165) is 17.7 Å². The summed E-state index contributed by atoms with van der Waals surface area (Å²) in [6, 6.07) is 0.509. The number of hydrogen-bond acceptors (Lipinski definition) is 2. The second-order valence-corrected chi connectivity index (χ2v) is 4.11. The fourth-order valence-corrected chi connectivity index (χ4v) is 2.51. The fraction of sp³-hybridized carbons (Fsp3) is 0.667. The largest absolute Gasteiger partial charge is 0.310 e. The van der Waals surface area contributed by atoms with Gasteiger partial charge in [-0.25, -0.2) is 0 Å². The van der Waals surface area contributed by atoms with Crippen molar-refractivity contribution in [3.63, 3.8) is 0 Å². The number of nitrogens with zero attached hydrogens (tertiary/aromatic N) is 2. The molecule has 0 spiro atoms. The van der Waals surface area contributed by atoms with E-state index in [1.165, 1.54) is 18.4 Å². The molecule has 3 nitrogen and oxygen atoms in total. The van der Waals surface area contributed by atoms with Gasteiger partial charge in [0, 0.05) is 18.2 Å². The lowest BCUT2D eigenvalue weighted by molar-refractivity contribution is 0.624. The Morgan fingerprint density at radius 3 is 3.15 bits per heavy atom. The summed E-state index contributed by atoms with van der Waals surface area (Å²) in [7, 11) is 0. The molecule has 0 amide bonds. The SMILES string of the molecule is CCn1ncc(C2CCCN2)c1Br. The normalized spacial score (nSPS) is 22.5. The third-order valence-corrected chi connectivity index (χ3v) is 3.40. The summed E-state index contributed by atoms with van der Waals surface area (Å²) in [5.41, 5.74) is 1.30. The first-order valence-electron chi connectivity index (χ1n) is 4.77. The Balaban J connectivity index is 2.24. The van der Waals surface area contributed by atoms with Crippen LogP contribution in [0.25, 0.3) is 0 Å². The van der Waals surface area contributed by atoms with E-state index in [2.05, 4.69) is 33.3 Å². The molecule has 1 atom stereocenters. The van der Waals surface area contributed by atoms with E-state index >= 15 is 0 Å². The minimum absolute atomic E-state index is 0.509. The predicted molar refractivity (Wildman–Crippen MR) is 55.6 cm³/mol. The summed E-state index contributed by atoms with van der Waals surface area (Å²) in [6.45, 7) is 4.16. The molecule has 13 heavy (non-hydrogen) atoms. The number of hydrogen-bond donors (Lipinski definition) is 1. The zero-order valence-electron chi connectivity index (χ0n) is 7.76. The summed E-state index contributed by atoms with van der Waals surface area (Å²) in [5.74, 6) is 0. The molecule has 0 radical (unpaired) electrons. The van der Waals surface area contributed by atoms with Crippen LogP contribution in [-0.4, -0.2) is 16.3 Å². The molecule has 1 unspecified atom stereocenters. The molecule has 1 aromatic heterocycles. The molecule has 0 bridgehead atoms. The van der Waals surface area contributed by atoms with Crippen LogP contribution in [0.4, 0.5) is 0 Å². The van der Waals surface area contributed by atoms with E-state index < -0.39 is 0 Å². The molecule has 0 aliphatic carbocycles. The average molecular weight is 244 g/mol. The second-order valence-electron chi connectivity index (χ2n) is 3.36. The molecule has 4 heteroatoms. The third kappa shape index (κ3) is 1.65. The maximum atomic E-state index is 4.31. The minimum Gasteiger partial charge on any atom is -0.310 e. The van der Waals surface area contributed by atoms with E-state index in [1.54, 1.807) is 0 Å². The van der Waals surface area contributed by atoms with Gasteiger partial charge in [0.15, 0.2) is 0 Å². The maximum absolute atomic E-state index is 4.31. The highest BCUT2D eigenvalue weighted by Crippen LogP contribution is 2.28.